The van der Waals surface area contributed by atoms with Gasteiger partial charge in [0.05, 0.1) is 11.9 Å². The molecule has 0 bridgehead atoms. The zero-order valence-corrected chi connectivity index (χ0v) is 9.51. The lowest BCUT2D eigenvalue weighted by Crippen LogP contribution is -2.16. The van der Waals surface area contributed by atoms with Gasteiger partial charge in [-0.2, -0.15) is 0 Å². The van der Waals surface area contributed by atoms with Gasteiger partial charge in [0, 0.05) is 12.7 Å². The number of amides is 1. The van der Waals surface area contributed by atoms with Crippen molar-refractivity contribution >= 4 is 17.3 Å². The van der Waals surface area contributed by atoms with Gasteiger partial charge in [-0.1, -0.05) is 12.1 Å². The molecule has 0 fully saturated rings. The fourth-order valence-corrected chi connectivity index (χ4v) is 1.61. The van der Waals surface area contributed by atoms with E-state index >= 15 is 0 Å². The van der Waals surface area contributed by atoms with Crippen LogP contribution in [0.1, 0.15) is 23.8 Å². The second-order valence-electron chi connectivity index (χ2n) is 3.72. The summed E-state index contributed by atoms with van der Waals surface area (Å²) in [4.78, 5) is 12.0. The summed E-state index contributed by atoms with van der Waals surface area (Å²) in [5, 5.41) is 6.19. The summed E-state index contributed by atoms with van der Waals surface area (Å²) in [5.74, 6) is -0.224. The van der Waals surface area contributed by atoms with E-state index in [1.54, 1.807) is 12.3 Å². The van der Waals surface area contributed by atoms with Gasteiger partial charge in [-0.3, -0.25) is 4.79 Å². The molecule has 0 aliphatic heterocycles. The predicted molar refractivity (Wildman–Crippen MR) is 63.6 cm³/mol. The maximum atomic E-state index is 12.0. The molecule has 90 valence electrons. The molecule has 6 nitrogen and oxygen atoms in total. The van der Waals surface area contributed by atoms with Crippen LogP contribution >= 0.6 is 0 Å². The first kappa shape index (κ1) is 11.3. The number of carbonyl (C=O) groups is 1. The minimum absolute atomic E-state index is 0.224. The van der Waals surface area contributed by atoms with Crippen molar-refractivity contribution in [1.82, 2.24) is 9.72 Å². The Morgan fingerprint density at radius 3 is 3.12 bits per heavy atom. The Morgan fingerprint density at radius 1 is 1.65 bits per heavy atom. The Hall–Kier alpha value is -2.24. The smallest absolute Gasteiger partial charge is 0.272 e. The van der Waals surface area contributed by atoms with Gasteiger partial charge < -0.3 is 20.1 Å². The number of aromatic nitrogens is 2. The molecule has 0 atom stereocenters. The molecule has 2 rings (SSSR count). The molecule has 17 heavy (non-hydrogen) atoms. The molecule has 3 N–H and O–H groups in total. The largest absolute Gasteiger partial charge is 0.397 e. The fraction of sp³-hybridized carbons (Fsp3) is 0.273. The van der Waals surface area contributed by atoms with Crippen molar-refractivity contribution in [3.63, 3.8) is 0 Å². The van der Waals surface area contributed by atoms with Gasteiger partial charge in [0.15, 0.2) is 0 Å². The van der Waals surface area contributed by atoms with Crippen LogP contribution in [0.25, 0.3) is 0 Å². The number of nitrogen functional groups attached to an aromatic ring is 1. The van der Waals surface area contributed by atoms with Crippen LogP contribution in [-0.2, 0) is 6.54 Å². The number of nitrogens with zero attached hydrogens (tertiary/aromatic N) is 2. The van der Waals surface area contributed by atoms with Crippen molar-refractivity contribution in [1.29, 1.82) is 0 Å². The quantitative estimate of drug-likeness (QED) is 0.843. The highest BCUT2D eigenvalue weighted by Gasteiger charge is 2.13. The van der Waals surface area contributed by atoms with Crippen LogP contribution in [0, 0.1) is 0 Å². The molecular weight excluding hydrogens is 220 g/mol. The van der Waals surface area contributed by atoms with Crippen molar-refractivity contribution in [2.24, 2.45) is 0 Å². The van der Waals surface area contributed by atoms with Crippen LogP contribution in [0.3, 0.4) is 0 Å². The van der Waals surface area contributed by atoms with Crippen molar-refractivity contribution in [2.45, 2.75) is 19.9 Å². The first-order chi connectivity index (χ1) is 8.20. The molecule has 0 radical (unpaired) electrons. The van der Waals surface area contributed by atoms with E-state index in [1.807, 2.05) is 11.5 Å². The van der Waals surface area contributed by atoms with E-state index in [-0.39, 0.29) is 5.91 Å². The van der Waals surface area contributed by atoms with Crippen LogP contribution in [0.4, 0.5) is 11.4 Å². The zero-order chi connectivity index (χ0) is 12.3. The SMILES string of the molecule is CCCn1cc(N)cc1C(=O)Nc1cnoc1. The third-order valence-electron chi connectivity index (χ3n) is 2.31. The molecule has 0 aliphatic rings. The van der Waals surface area contributed by atoms with E-state index in [1.165, 1.54) is 12.5 Å². The molecular formula is C11H14N4O2. The van der Waals surface area contributed by atoms with Crippen molar-refractivity contribution < 1.29 is 9.32 Å². The third-order valence-corrected chi connectivity index (χ3v) is 2.31. The molecule has 0 saturated carbocycles. The van der Waals surface area contributed by atoms with Gasteiger partial charge in [0.1, 0.15) is 17.6 Å². The Kier molecular flexibility index (Phi) is 3.13. The zero-order valence-electron chi connectivity index (χ0n) is 9.51. The second kappa shape index (κ2) is 4.73. The standard InChI is InChI=1S/C11H14N4O2/c1-2-3-15-6-8(12)4-10(15)11(16)14-9-5-13-17-7-9/h4-7H,2-3,12H2,1H3,(H,14,16). The predicted octanol–water partition coefficient (Wildman–Crippen LogP) is 1.72. The summed E-state index contributed by atoms with van der Waals surface area (Å²) < 4.78 is 6.47. The molecule has 0 aromatic carbocycles. The Labute approximate surface area is 98.4 Å². The average Bonchev–Trinajstić information content (AvgIpc) is 2.88. The highest BCUT2D eigenvalue weighted by molar-refractivity contribution is 6.03. The summed E-state index contributed by atoms with van der Waals surface area (Å²) in [6.45, 7) is 2.79. The molecule has 1 amide bonds. The average molecular weight is 234 g/mol. The number of aryl methyl sites for hydroxylation is 1. The molecule has 2 aromatic rings. The van der Waals surface area contributed by atoms with Gasteiger partial charge in [0.2, 0.25) is 0 Å². The summed E-state index contributed by atoms with van der Waals surface area (Å²) in [5.41, 5.74) is 7.33. The lowest BCUT2D eigenvalue weighted by molar-refractivity contribution is 0.101. The van der Waals surface area contributed by atoms with Gasteiger partial charge in [-0.05, 0) is 12.5 Å². The molecule has 0 unspecified atom stereocenters. The summed E-state index contributed by atoms with van der Waals surface area (Å²) in [7, 11) is 0. The number of anilines is 2. The van der Waals surface area contributed by atoms with Crippen LogP contribution < -0.4 is 11.1 Å². The summed E-state index contributed by atoms with van der Waals surface area (Å²) in [6, 6.07) is 1.65. The van der Waals surface area contributed by atoms with Gasteiger partial charge >= 0.3 is 0 Å². The number of hydrogen-bond donors (Lipinski definition) is 2. The van der Waals surface area contributed by atoms with Crippen LogP contribution in [0.2, 0.25) is 0 Å². The Balaban J connectivity index is 2.18. The number of hydrogen-bond acceptors (Lipinski definition) is 4. The van der Waals surface area contributed by atoms with E-state index in [4.69, 9.17) is 5.73 Å². The Morgan fingerprint density at radius 2 is 2.47 bits per heavy atom. The lowest BCUT2D eigenvalue weighted by Gasteiger charge is -2.06. The van der Waals surface area contributed by atoms with Crippen molar-refractivity contribution in [3.8, 4) is 0 Å². The second-order valence-corrected chi connectivity index (χ2v) is 3.72. The molecule has 0 aliphatic carbocycles. The molecule has 6 heteroatoms. The number of nitrogens with one attached hydrogen (secondary N) is 1. The number of rotatable bonds is 4. The van der Waals surface area contributed by atoms with Crippen molar-refractivity contribution in [2.75, 3.05) is 11.1 Å². The molecule has 2 heterocycles. The summed E-state index contributed by atoms with van der Waals surface area (Å²) >= 11 is 0. The maximum Gasteiger partial charge on any atom is 0.272 e. The van der Waals surface area contributed by atoms with E-state index < -0.39 is 0 Å². The van der Waals surface area contributed by atoms with Gasteiger partial charge in [0.25, 0.3) is 5.91 Å². The number of carbonyl (C=O) groups excluding carboxylic acids is 1. The topological polar surface area (TPSA) is 86.1 Å². The van der Waals surface area contributed by atoms with Crippen LogP contribution in [-0.4, -0.2) is 15.6 Å². The van der Waals surface area contributed by atoms with E-state index in [9.17, 15) is 4.79 Å². The highest BCUT2D eigenvalue weighted by Crippen LogP contribution is 2.14. The van der Waals surface area contributed by atoms with Crippen LogP contribution in [0.15, 0.2) is 29.2 Å². The minimum Gasteiger partial charge on any atom is -0.397 e. The molecule has 0 saturated heterocycles. The lowest BCUT2D eigenvalue weighted by atomic mass is 10.3. The minimum atomic E-state index is -0.224. The maximum absolute atomic E-state index is 12.0. The molecule has 0 spiro atoms. The van der Waals surface area contributed by atoms with E-state index in [0.717, 1.165) is 13.0 Å². The fourth-order valence-electron chi connectivity index (χ4n) is 1.61. The van der Waals surface area contributed by atoms with E-state index in [0.29, 0.717) is 17.1 Å². The van der Waals surface area contributed by atoms with Crippen molar-refractivity contribution in [3.05, 3.63) is 30.4 Å². The first-order valence-electron chi connectivity index (χ1n) is 5.37. The van der Waals surface area contributed by atoms with Gasteiger partial charge in [-0.15, -0.1) is 0 Å². The third kappa shape index (κ3) is 2.47. The first-order valence-corrected chi connectivity index (χ1v) is 5.37. The highest BCUT2D eigenvalue weighted by atomic mass is 16.5. The molecule has 2 aromatic heterocycles. The summed E-state index contributed by atoms with van der Waals surface area (Å²) in [6.07, 6.45) is 5.50. The normalized spacial score (nSPS) is 10.4. The van der Waals surface area contributed by atoms with E-state index in [2.05, 4.69) is 15.0 Å². The number of nitrogens with two attached hydrogens (primary N) is 1. The Bertz CT molecular complexity index is 502. The van der Waals surface area contributed by atoms with Crippen LogP contribution in [0.5, 0.6) is 0 Å². The van der Waals surface area contributed by atoms with Gasteiger partial charge in [-0.25, -0.2) is 0 Å². The monoisotopic (exact) mass is 234 g/mol.